The number of rotatable bonds is 2. The summed E-state index contributed by atoms with van der Waals surface area (Å²) >= 11 is 0. The Kier molecular flexibility index (Phi) is 5.35. The molecule has 22 heavy (non-hydrogen) atoms. The molecule has 5 heteroatoms. The fourth-order valence-corrected chi connectivity index (χ4v) is 3.23. The third-order valence-corrected chi connectivity index (χ3v) is 4.60. The molecule has 1 saturated heterocycles. The van der Waals surface area contributed by atoms with E-state index in [0.717, 1.165) is 31.0 Å². The molecule has 3 rings (SSSR count). The monoisotopic (exact) mass is 417 g/mol. The van der Waals surface area contributed by atoms with Gasteiger partial charge in [-0.3, -0.25) is 4.99 Å². The van der Waals surface area contributed by atoms with Crippen molar-refractivity contribution in [2.75, 3.05) is 20.1 Å². The highest BCUT2D eigenvalue weighted by atomic mass is 127. The first-order valence-corrected chi connectivity index (χ1v) is 7.73. The number of hydrogen-bond donors (Lipinski definition) is 1. The Hall–Kier alpha value is -0.850. The van der Waals surface area contributed by atoms with Crippen molar-refractivity contribution in [1.29, 1.82) is 0 Å². The molecule has 1 N–H and O–H groups in total. The van der Waals surface area contributed by atoms with Gasteiger partial charge >= 0.3 is 0 Å². The van der Waals surface area contributed by atoms with E-state index in [-0.39, 0.29) is 35.7 Å². The quantitative estimate of drug-likeness (QED) is 0.453. The van der Waals surface area contributed by atoms with Gasteiger partial charge in [-0.1, -0.05) is 32.0 Å². The van der Waals surface area contributed by atoms with Gasteiger partial charge in [0.2, 0.25) is 0 Å². The Bertz CT molecular complexity index is 559. The highest BCUT2D eigenvalue weighted by Gasteiger charge is 2.42. The van der Waals surface area contributed by atoms with Gasteiger partial charge in [0.15, 0.2) is 5.96 Å². The molecule has 2 fully saturated rings. The Morgan fingerprint density at radius 2 is 2.09 bits per heavy atom. The van der Waals surface area contributed by atoms with Gasteiger partial charge in [-0.05, 0) is 29.9 Å². The average Bonchev–Trinajstić information content (AvgIpc) is 3.11. The van der Waals surface area contributed by atoms with Crippen molar-refractivity contribution < 1.29 is 4.39 Å². The largest absolute Gasteiger partial charge is 0.353 e. The fourth-order valence-electron chi connectivity index (χ4n) is 3.23. The first-order valence-electron chi connectivity index (χ1n) is 7.73. The normalized spacial score (nSPS) is 26.5. The second kappa shape index (κ2) is 6.72. The molecule has 1 aromatic carbocycles. The van der Waals surface area contributed by atoms with Crippen molar-refractivity contribution in [2.45, 2.75) is 38.6 Å². The summed E-state index contributed by atoms with van der Waals surface area (Å²) in [6.45, 7) is 6.66. The van der Waals surface area contributed by atoms with Crippen LogP contribution in [0.1, 0.15) is 38.2 Å². The molecule has 1 aliphatic heterocycles. The fraction of sp³-hybridized carbons (Fsp3) is 0.588. The molecular formula is C17H25FIN3. The van der Waals surface area contributed by atoms with Gasteiger partial charge in [0, 0.05) is 32.1 Å². The molecule has 2 unspecified atom stereocenters. The molecule has 1 saturated carbocycles. The highest BCUT2D eigenvalue weighted by molar-refractivity contribution is 14.0. The summed E-state index contributed by atoms with van der Waals surface area (Å²) in [7, 11) is 1.83. The molecule has 1 aliphatic carbocycles. The number of aliphatic imine (C=N–C) groups is 1. The van der Waals surface area contributed by atoms with E-state index < -0.39 is 0 Å². The van der Waals surface area contributed by atoms with Crippen LogP contribution in [0, 0.1) is 11.2 Å². The van der Waals surface area contributed by atoms with Crippen LogP contribution in [0.5, 0.6) is 0 Å². The first-order chi connectivity index (χ1) is 10.00. The number of likely N-dealkylation sites (tertiary alicyclic amines) is 1. The predicted octanol–water partition coefficient (Wildman–Crippen LogP) is 3.61. The van der Waals surface area contributed by atoms with Crippen LogP contribution in [0.4, 0.5) is 4.39 Å². The lowest BCUT2D eigenvalue weighted by molar-refractivity contribution is 0.370. The molecule has 1 heterocycles. The van der Waals surface area contributed by atoms with E-state index in [4.69, 9.17) is 0 Å². The van der Waals surface area contributed by atoms with Crippen LogP contribution in [-0.2, 0) is 0 Å². The predicted molar refractivity (Wildman–Crippen MR) is 99.4 cm³/mol. The van der Waals surface area contributed by atoms with Gasteiger partial charge in [0.25, 0.3) is 0 Å². The number of nitrogens with zero attached hydrogens (tertiary/aromatic N) is 2. The smallest absolute Gasteiger partial charge is 0.193 e. The minimum atomic E-state index is -0.0934. The Labute approximate surface area is 149 Å². The van der Waals surface area contributed by atoms with Crippen LogP contribution >= 0.6 is 24.0 Å². The topological polar surface area (TPSA) is 27.6 Å². The third-order valence-electron chi connectivity index (χ3n) is 4.60. The molecule has 2 aliphatic rings. The van der Waals surface area contributed by atoms with Crippen molar-refractivity contribution in [2.24, 2.45) is 10.4 Å². The summed E-state index contributed by atoms with van der Waals surface area (Å²) < 4.78 is 13.8. The minimum Gasteiger partial charge on any atom is -0.353 e. The van der Waals surface area contributed by atoms with Crippen LogP contribution in [0.15, 0.2) is 29.3 Å². The maximum atomic E-state index is 13.8. The number of hydrogen-bond acceptors (Lipinski definition) is 1. The molecular weight excluding hydrogens is 392 g/mol. The molecule has 0 spiro atoms. The maximum absolute atomic E-state index is 13.8. The number of guanidine groups is 1. The number of halogens is 2. The molecule has 1 aromatic rings. The zero-order valence-electron chi connectivity index (χ0n) is 13.5. The molecule has 0 bridgehead atoms. The Morgan fingerprint density at radius 1 is 1.36 bits per heavy atom. The van der Waals surface area contributed by atoms with Crippen LogP contribution in [0.25, 0.3) is 0 Å². The number of nitrogens with one attached hydrogen (secondary N) is 1. The van der Waals surface area contributed by atoms with Gasteiger partial charge in [0.05, 0.1) is 0 Å². The van der Waals surface area contributed by atoms with Crippen LogP contribution in [0.3, 0.4) is 0 Å². The molecule has 0 amide bonds. The van der Waals surface area contributed by atoms with Crippen molar-refractivity contribution >= 4 is 29.9 Å². The van der Waals surface area contributed by atoms with E-state index in [1.807, 2.05) is 19.2 Å². The average molecular weight is 417 g/mol. The Balaban J connectivity index is 0.00000176. The van der Waals surface area contributed by atoms with Gasteiger partial charge in [0.1, 0.15) is 5.82 Å². The van der Waals surface area contributed by atoms with Crippen LogP contribution in [0.2, 0.25) is 0 Å². The first kappa shape index (κ1) is 17.5. The van der Waals surface area contributed by atoms with E-state index in [0.29, 0.717) is 11.5 Å². The summed E-state index contributed by atoms with van der Waals surface area (Å²) in [5.74, 6) is 1.15. The van der Waals surface area contributed by atoms with Gasteiger partial charge in [-0.25, -0.2) is 4.39 Å². The van der Waals surface area contributed by atoms with Crippen molar-refractivity contribution in [3.8, 4) is 0 Å². The second-order valence-electron chi connectivity index (χ2n) is 7.00. The zero-order valence-corrected chi connectivity index (χ0v) is 15.8. The summed E-state index contributed by atoms with van der Waals surface area (Å²) in [6, 6.07) is 7.40. The molecule has 2 atom stereocenters. The molecule has 122 valence electrons. The number of benzene rings is 1. The summed E-state index contributed by atoms with van der Waals surface area (Å²) in [5, 5.41) is 3.51. The summed E-state index contributed by atoms with van der Waals surface area (Å²) in [4.78, 5) is 6.72. The van der Waals surface area contributed by atoms with Crippen molar-refractivity contribution in [3.63, 3.8) is 0 Å². The van der Waals surface area contributed by atoms with Gasteiger partial charge < -0.3 is 10.2 Å². The minimum absolute atomic E-state index is 0. The third kappa shape index (κ3) is 3.73. The van der Waals surface area contributed by atoms with E-state index in [2.05, 4.69) is 29.1 Å². The lowest BCUT2D eigenvalue weighted by atomic mass is 9.93. The van der Waals surface area contributed by atoms with Crippen molar-refractivity contribution in [3.05, 3.63) is 35.6 Å². The highest BCUT2D eigenvalue weighted by Crippen LogP contribution is 2.42. The SMILES string of the molecule is CN=C(NC1CC1c1ccccc1F)N1CCC(C)(C)C1.I. The summed E-state index contributed by atoms with van der Waals surface area (Å²) in [5.41, 5.74) is 1.18. The zero-order chi connectivity index (χ0) is 15.0. The van der Waals surface area contributed by atoms with E-state index in [1.165, 1.54) is 6.42 Å². The van der Waals surface area contributed by atoms with E-state index in [1.54, 1.807) is 12.1 Å². The molecule has 0 aromatic heterocycles. The Morgan fingerprint density at radius 3 is 2.68 bits per heavy atom. The second-order valence-corrected chi connectivity index (χ2v) is 7.00. The lowest BCUT2D eigenvalue weighted by Gasteiger charge is -2.23. The van der Waals surface area contributed by atoms with Gasteiger partial charge in [-0.2, -0.15) is 0 Å². The van der Waals surface area contributed by atoms with Crippen LogP contribution in [-0.4, -0.2) is 37.0 Å². The summed E-state index contributed by atoms with van der Waals surface area (Å²) in [6.07, 6.45) is 2.17. The maximum Gasteiger partial charge on any atom is 0.193 e. The molecule has 3 nitrogen and oxygen atoms in total. The van der Waals surface area contributed by atoms with Crippen molar-refractivity contribution in [1.82, 2.24) is 10.2 Å². The van der Waals surface area contributed by atoms with Crippen LogP contribution < -0.4 is 5.32 Å². The van der Waals surface area contributed by atoms with E-state index in [9.17, 15) is 4.39 Å². The molecule has 0 radical (unpaired) electrons. The van der Waals surface area contributed by atoms with Gasteiger partial charge in [-0.15, -0.1) is 24.0 Å². The lowest BCUT2D eigenvalue weighted by Crippen LogP contribution is -2.42. The van der Waals surface area contributed by atoms with E-state index >= 15 is 0 Å². The standard InChI is InChI=1S/C17H24FN3.HI/c1-17(2)8-9-21(11-17)16(19-3)20-15-10-13(15)12-6-4-5-7-14(12)18;/h4-7,13,15H,8-11H2,1-3H3,(H,19,20);1H.